The molecule has 0 atom stereocenters. The van der Waals surface area contributed by atoms with Crippen molar-refractivity contribution in [3.8, 4) is 0 Å². The molecule has 9 heteroatoms. The van der Waals surface area contributed by atoms with E-state index in [4.69, 9.17) is 24.1 Å². The van der Waals surface area contributed by atoms with Crippen LogP contribution >= 0.6 is 0 Å². The SMILES string of the molecule is C.C=C(CO)C(=O)OC.C=CC(=O)OC.CCC1(COC)COC1.COCC1(C)COC1. The number of aliphatic hydroxyl groups excluding tert-OH is 1. The molecule has 0 bridgehead atoms. The molecular weight excluding hydrogens is 420 g/mol. The fourth-order valence-corrected chi connectivity index (χ4v) is 2.26. The van der Waals surface area contributed by atoms with Gasteiger partial charge in [-0.3, -0.25) is 0 Å². The van der Waals surface area contributed by atoms with Crippen molar-refractivity contribution in [1.82, 2.24) is 0 Å². The van der Waals surface area contributed by atoms with Crippen molar-refractivity contribution in [3.05, 3.63) is 24.8 Å². The Labute approximate surface area is 193 Å². The highest BCUT2D eigenvalue weighted by Crippen LogP contribution is 2.30. The van der Waals surface area contributed by atoms with E-state index in [1.54, 1.807) is 14.2 Å². The summed E-state index contributed by atoms with van der Waals surface area (Å²) in [6.07, 6.45) is 2.28. The van der Waals surface area contributed by atoms with Gasteiger partial charge in [-0.2, -0.15) is 0 Å². The molecule has 0 aliphatic carbocycles. The first-order chi connectivity index (χ1) is 14.6. The van der Waals surface area contributed by atoms with Crippen LogP contribution in [0.1, 0.15) is 27.7 Å². The zero-order chi connectivity index (χ0) is 24.3. The number of aliphatic hydroxyl groups is 1. The average Bonchev–Trinajstić information content (AvgIpc) is 2.74. The van der Waals surface area contributed by atoms with Crippen LogP contribution in [-0.4, -0.2) is 91.7 Å². The Hall–Kier alpha value is -1.78. The molecule has 0 aromatic heterocycles. The number of hydrogen-bond donors (Lipinski definition) is 1. The highest BCUT2D eigenvalue weighted by atomic mass is 16.5. The summed E-state index contributed by atoms with van der Waals surface area (Å²) in [5, 5.41) is 8.24. The van der Waals surface area contributed by atoms with Crippen LogP contribution in [0.4, 0.5) is 0 Å². The molecule has 2 aliphatic rings. The number of rotatable bonds is 8. The van der Waals surface area contributed by atoms with Gasteiger partial charge in [-0.05, 0) is 6.42 Å². The van der Waals surface area contributed by atoms with E-state index in [1.165, 1.54) is 20.6 Å². The Kier molecular flexibility index (Phi) is 21.6. The maximum Gasteiger partial charge on any atom is 0.335 e. The summed E-state index contributed by atoms with van der Waals surface area (Å²) in [7, 11) is 6.02. The van der Waals surface area contributed by atoms with E-state index in [2.05, 4.69) is 36.5 Å². The van der Waals surface area contributed by atoms with Crippen LogP contribution in [0.3, 0.4) is 0 Å². The second kappa shape index (κ2) is 19.9. The molecule has 0 aromatic carbocycles. The molecule has 2 fully saturated rings. The van der Waals surface area contributed by atoms with Crippen LogP contribution in [0.5, 0.6) is 0 Å². The Balaban J connectivity index is -0.000000350. The summed E-state index contributed by atoms with van der Waals surface area (Å²) in [6, 6.07) is 0. The quantitative estimate of drug-likeness (QED) is 0.428. The lowest BCUT2D eigenvalue weighted by Crippen LogP contribution is -2.45. The van der Waals surface area contributed by atoms with Crippen LogP contribution in [-0.2, 0) is 38.0 Å². The summed E-state index contributed by atoms with van der Waals surface area (Å²) >= 11 is 0. The first kappa shape index (κ1) is 34.8. The molecule has 2 heterocycles. The third-order valence-corrected chi connectivity index (χ3v) is 4.44. The molecule has 0 unspecified atom stereocenters. The number of carbonyl (C=O) groups is 2. The van der Waals surface area contributed by atoms with E-state index in [0.717, 1.165) is 45.7 Å². The standard InChI is InChI=1S/C7H14O2.C6H12O2.C5H8O3.C4H6O2.CH4/c1-3-7(4-8-2)5-9-6-7;1-6(3-7-2)4-8-5-6;1-4(3-6)5(7)8-2;1-3-4(5)6-2;/h3-6H2,1-2H3;3-5H2,1-2H3;6H,1,3H2,2H3;3H,1H2,2H3;1H4. The van der Waals surface area contributed by atoms with Crippen LogP contribution < -0.4 is 0 Å². The van der Waals surface area contributed by atoms with Gasteiger partial charge in [0, 0.05) is 31.1 Å². The summed E-state index contributed by atoms with van der Waals surface area (Å²) in [4.78, 5) is 20.1. The van der Waals surface area contributed by atoms with Crippen molar-refractivity contribution >= 4 is 11.9 Å². The van der Waals surface area contributed by atoms with Gasteiger partial charge in [0.1, 0.15) is 0 Å². The number of ether oxygens (including phenoxy) is 6. The predicted molar refractivity (Wildman–Crippen MR) is 123 cm³/mol. The summed E-state index contributed by atoms with van der Waals surface area (Å²) in [5.41, 5.74) is 0.774. The minimum Gasteiger partial charge on any atom is -0.466 e. The van der Waals surface area contributed by atoms with E-state index < -0.39 is 11.9 Å². The van der Waals surface area contributed by atoms with Crippen molar-refractivity contribution < 1.29 is 43.1 Å². The van der Waals surface area contributed by atoms with E-state index in [9.17, 15) is 9.59 Å². The fourth-order valence-electron chi connectivity index (χ4n) is 2.26. The fraction of sp³-hybridized carbons (Fsp3) is 0.739. The minimum atomic E-state index is -0.563. The molecule has 0 spiro atoms. The highest BCUT2D eigenvalue weighted by molar-refractivity contribution is 5.87. The Morgan fingerprint density at radius 1 is 1.00 bits per heavy atom. The summed E-state index contributed by atoms with van der Waals surface area (Å²) < 4.78 is 28.5. The lowest BCUT2D eigenvalue weighted by atomic mass is 9.84. The predicted octanol–water partition coefficient (Wildman–Crippen LogP) is 2.42. The number of hydrogen-bond acceptors (Lipinski definition) is 9. The van der Waals surface area contributed by atoms with Crippen LogP contribution in [0.2, 0.25) is 0 Å². The Bertz CT molecular complexity index is 504. The number of esters is 2. The van der Waals surface area contributed by atoms with Gasteiger partial charge in [-0.1, -0.05) is 34.4 Å². The molecule has 2 saturated heterocycles. The van der Waals surface area contributed by atoms with Gasteiger partial charge < -0.3 is 33.5 Å². The van der Waals surface area contributed by atoms with Crippen molar-refractivity contribution in [2.45, 2.75) is 27.7 Å². The number of carbonyl (C=O) groups excluding carboxylic acids is 2. The van der Waals surface area contributed by atoms with Gasteiger partial charge in [0.15, 0.2) is 0 Å². The lowest BCUT2D eigenvalue weighted by molar-refractivity contribution is -0.144. The monoisotopic (exact) mass is 464 g/mol. The zero-order valence-corrected chi connectivity index (χ0v) is 19.9. The van der Waals surface area contributed by atoms with E-state index in [0.29, 0.717) is 10.8 Å². The Morgan fingerprint density at radius 2 is 1.50 bits per heavy atom. The van der Waals surface area contributed by atoms with Gasteiger partial charge in [-0.25, -0.2) is 9.59 Å². The topological polar surface area (TPSA) is 110 Å². The van der Waals surface area contributed by atoms with Crippen molar-refractivity contribution in [3.63, 3.8) is 0 Å². The molecule has 2 aliphatic heterocycles. The zero-order valence-electron chi connectivity index (χ0n) is 19.9. The van der Waals surface area contributed by atoms with Crippen LogP contribution in [0.15, 0.2) is 24.8 Å². The normalized spacial score (nSPS) is 16.1. The molecule has 0 saturated carbocycles. The largest absolute Gasteiger partial charge is 0.466 e. The van der Waals surface area contributed by atoms with Crippen molar-refractivity contribution in [1.29, 1.82) is 0 Å². The van der Waals surface area contributed by atoms with Gasteiger partial charge in [0.25, 0.3) is 0 Å². The van der Waals surface area contributed by atoms with Gasteiger partial charge >= 0.3 is 11.9 Å². The second-order valence-corrected chi connectivity index (χ2v) is 7.50. The first-order valence-corrected chi connectivity index (χ1v) is 9.83. The molecular formula is C23H44O9. The van der Waals surface area contributed by atoms with Crippen molar-refractivity contribution in [2.24, 2.45) is 10.8 Å². The van der Waals surface area contributed by atoms with Gasteiger partial charge in [0.05, 0.1) is 66.0 Å². The molecule has 32 heavy (non-hydrogen) atoms. The van der Waals surface area contributed by atoms with Crippen molar-refractivity contribution in [2.75, 3.05) is 74.7 Å². The molecule has 2 rings (SSSR count). The minimum absolute atomic E-state index is 0. The average molecular weight is 465 g/mol. The molecule has 190 valence electrons. The van der Waals surface area contributed by atoms with Gasteiger partial charge in [-0.15, -0.1) is 0 Å². The molecule has 1 N–H and O–H groups in total. The molecule has 0 radical (unpaired) electrons. The summed E-state index contributed by atoms with van der Waals surface area (Å²) in [5.74, 6) is -0.956. The van der Waals surface area contributed by atoms with E-state index in [1.807, 2.05) is 0 Å². The second-order valence-electron chi connectivity index (χ2n) is 7.50. The highest BCUT2D eigenvalue weighted by Gasteiger charge is 2.36. The van der Waals surface area contributed by atoms with E-state index in [-0.39, 0.29) is 19.6 Å². The third-order valence-electron chi connectivity index (χ3n) is 4.44. The lowest BCUT2D eigenvalue weighted by Gasteiger charge is -2.39. The Morgan fingerprint density at radius 3 is 1.59 bits per heavy atom. The summed E-state index contributed by atoms with van der Waals surface area (Å²) in [6.45, 7) is 15.6. The number of methoxy groups -OCH3 is 4. The maximum atomic E-state index is 10.3. The van der Waals surface area contributed by atoms with Crippen LogP contribution in [0, 0.1) is 10.8 Å². The van der Waals surface area contributed by atoms with Crippen LogP contribution in [0.25, 0.3) is 0 Å². The molecule has 0 aromatic rings. The molecule has 9 nitrogen and oxygen atoms in total. The van der Waals surface area contributed by atoms with E-state index >= 15 is 0 Å². The smallest absolute Gasteiger partial charge is 0.335 e. The first-order valence-electron chi connectivity index (χ1n) is 9.83. The molecule has 0 amide bonds. The van der Waals surface area contributed by atoms with Gasteiger partial charge in [0.2, 0.25) is 0 Å². The maximum absolute atomic E-state index is 10.3. The third kappa shape index (κ3) is 15.1.